The summed E-state index contributed by atoms with van der Waals surface area (Å²) >= 11 is 0. The number of aryl methyl sites for hydroxylation is 2. The van der Waals surface area contributed by atoms with Gasteiger partial charge in [-0.2, -0.15) is 0 Å². The van der Waals surface area contributed by atoms with E-state index in [2.05, 4.69) is 211 Å². The summed E-state index contributed by atoms with van der Waals surface area (Å²) < 4.78 is 0. The average Bonchev–Trinajstić information content (AvgIpc) is 3.24. The molecule has 3 nitrogen and oxygen atoms in total. The van der Waals surface area contributed by atoms with Gasteiger partial charge in [0.25, 0.3) is 6.71 Å². The van der Waals surface area contributed by atoms with Crippen LogP contribution in [0.2, 0.25) is 0 Å². The summed E-state index contributed by atoms with van der Waals surface area (Å²) in [5, 5.41) is 2.45. The molecule has 0 saturated carbocycles. The SMILES string of the molecule is CCCCc1ccc(N2c3cc(N(c4ccccc4)c4cccc5ccccc45)ccc3B3c4ccccc4N(c4ccccc4)c4cccc2c43)c(C)c1. The zero-order valence-electron chi connectivity index (χ0n) is 31.4. The fourth-order valence-corrected chi connectivity index (χ4v) is 9.04. The van der Waals surface area contributed by atoms with Crippen LogP contribution in [-0.4, -0.2) is 6.71 Å². The third-order valence-corrected chi connectivity index (χ3v) is 11.5. The number of benzene rings is 8. The Morgan fingerprint density at radius 3 is 2.00 bits per heavy atom. The number of unbranched alkanes of at least 4 members (excludes halogenated alkanes) is 1. The zero-order chi connectivity index (χ0) is 36.9. The van der Waals surface area contributed by atoms with Crippen LogP contribution < -0.4 is 31.1 Å². The second-order valence-corrected chi connectivity index (χ2v) is 14.8. The zero-order valence-corrected chi connectivity index (χ0v) is 31.4. The molecule has 0 spiro atoms. The molecule has 0 unspecified atom stereocenters. The molecule has 264 valence electrons. The van der Waals surface area contributed by atoms with Gasteiger partial charge in [-0.1, -0.05) is 129 Å². The van der Waals surface area contributed by atoms with E-state index in [4.69, 9.17) is 0 Å². The first-order valence-electron chi connectivity index (χ1n) is 19.6. The van der Waals surface area contributed by atoms with Crippen molar-refractivity contribution in [2.75, 3.05) is 14.7 Å². The Labute approximate surface area is 324 Å². The van der Waals surface area contributed by atoms with Gasteiger partial charge in [0.1, 0.15) is 0 Å². The van der Waals surface area contributed by atoms with Crippen LogP contribution in [0.5, 0.6) is 0 Å². The van der Waals surface area contributed by atoms with Crippen LogP contribution in [0.4, 0.5) is 51.2 Å². The minimum Gasteiger partial charge on any atom is -0.311 e. The summed E-state index contributed by atoms with van der Waals surface area (Å²) in [4.78, 5) is 7.44. The normalized spacial score (nSPS) is 12.7. The minimum atomic E-state index is 0.0644. The van der Waals surface area contributed by atoms with Crippen LogP contribution in [0, 0.1) is 6.92 Å². The van der Waals surface area contributed by atoms with Crippen molar-refractivity contribution in [1.82, 2.24) is 0 Å². The van der Waals surface area contributed by atoms with Crippen LogP contribution >= 0.6 is 0 Å². The number of fused-ring (bicyclic) bond motifs is 5. The molecule has 4 heteroatoms. The highest BCUT2D eigenvalue weighted by atomic mass is 15.2. The van der Waals surface area contributed by atoms with Crippen molar-refractivity contribution in [3.8, 4) is 0 Å². The van der Waals surface area contributed by atoms with Crippen LogP contribution in [0.15, 0.2) is 182 Å². The first kappa shape index (κ1) is 33.1. The molecule has 0 bridgehead atoms. The summed E-state index contributed by atoms with van der Waals surface area (Å²) in [6, 6.07) is 67.2. The monoisotopic (exact) mass is 707 g/mol. The van der Waals surface area contributed by atoms with Gasteiger partial charge >= 0.3 is 0 Å². The molecule has 0 amide bonds. The molecule has 0 aromatic heterocycles. The molecule has 0 aliphatic carbocycles. The molecule has 10 rings (SSSR count). The standard InChI is InChI=1S/C51H42BN3/c1-3-4-17-37-30-33-45(36(2)34-37)55-49-29-16-28-48-51(49)52(43-25-13-14-26-47(43)54(48)40-22-9-6-10-23-40)44-32-31-41(35-50(44)55)53(39-20-7-5-8-21-39)46-27-15-19-38-18-11-12-24-42(38)46/h5-16,18-35H,3-4,17H2,1-2H3. The summed E-state index contributed by atoms with van der Waals surface area (Å²) in [6.45, 7) is 4.62. The second kappa shape index (κ2) is 13.7. The quantitative estimate of drug-likeness (QED) is 0.146. The molecule has 0 radical (unpaired) electrons. The van der Waals surface area contributed by atoms with E-state index in [-0.39, 0.29) is 6.71 Å². The van der Waals surface area contributed by atoms with Crippen LogP contribution in [0.3, 0.4) is 0 Å². The molecule has 2 aliphatic rings. The van der Waals surface area contributed by atoms with E-state index in [0.717, 1.165) is 23.5 Å². The highest BCUT2D eigenvalue weighted by Crippen LogP contribution is 2.47. The third-order valence-electron chi connectivity index (χ3n) is 11.5. The van der Waals surface area contributed by atoms with Crippen molar-refractivity contribution >= 4 is 85.1 Å². The molecule has 0 saturated heterocycles. The van der Waals surface area contributed by atoms with Gasteiger partial charge in [-0.25, -0.2) is 0 Å². The van der Waals surface area contributed by atoms with Gasteiger partial charge < -0.3 is 14.7 Å². The van der Waals surface area contributed by atoms with Crippen molar-refractivity contribution in [2.24, 2.45) is 0 Å². The van der Waals surface area contributed by atoms with E-state index in [1.807, 2.05) is 0 Å². The van der Waals surface area contributed by atoms with E-state index < -0.39 is 0 Å². The molecule has 2 heterocycles. The number of hydrogen-bond donors (Lipinski definition) is 0. The van der Waals surface area contributed by atoms with Gasteiger partial charge in [0, 0.05) is 50.9 Å². The molecule has 0 N–H and O–H groups in total. The molecule has 2 aliphatic heterocycles. The maximum atomic E-state index is 2.55. The van der Waals surface area contributed by atoms with E-state index in [1.165, 1.54) is 85.3 Å². The van der Waals surface area contributed by atoms with Crippen molar-refractivity contribution in [3.63, 3.8) is 0 Å². The first-order valence-corrected chi connectivity index (χ1v) is 19.6. The number of nitrogens with zero attached hydrogens (tertiary/aromatic N) is 3. The molecule has 0 fully saturated rings. The van der Waals surface area contributed by atoms with Gasteiger partial charge in [-0.3, -0.25) is 0 Å². The Morgan fingerprint density at radius 2 is 1.18 bits per heavy atom. The van der Waals surface area contributed by atoms with E-state index >= 15 is 0 Å². The molecule has 8 aromatic rings. The van der Waals surface area contributed by atoms with Crippen molar-refractivity contribution < 1.29 is 0 Å². The minimum absolute atomic E-state index is 0.0644. The molecular weight excluding hydrogens is 665 g/mol. The van der Waals surface area contributed by atoms with Crippen molar-refractivity contribution in [1.29, 1.82) is 0 Å². The van der Waals surface area contributed by atoms with Crippen LogP contribution in [0.1, 0.15) is 30.9 Å². The largest absolute Gasteiger partial charge is 0.311 e. The maximum absolute atomic E-state index is 2.55. The lowest BCUT2D eigenvalue weighted by molar-refractivity contribution is 0.794. The topological polar surface area (TPSA) is 9.72 Å². The Morgan fingerprint density at radius 1 is 0.509 bits per heavy atom. The molecule has 0 atom stereocenters. The smallest absolute Gasteiger partial charge is 0.252 e. The summed E-state index contributed by atoms with van der Waals surface area (Å²) in [6.07, 6.45) is 3.48. The lowest BCUT2D eigenvalue weighted by atomic mass is 9.33. The predicted octanol–water partition coefficient (Wildman–Crippen LogP) is 12.0. The number of rotatable bonds is 8. The van der Waals surface area contributed by atoms with E-state index in [1.54, 1.807) is 0 Å². The van der Waals surface area contributed by atoms with Gasteiger partial charge in [0.2, 0.25) is 0 Å². The Balaban J connectivity index is 1.24. The fourth-order valence-electron chi connectivity index (χ4n) is 9.04. The number of anilines is 9. The highest BCUT2D eigenvalue weighted by molar-refractivity contribution is 7.00. The first-order chi connectivity index (χ1) is 27.2. The van der Waals surface area contributed by atoms with Crippen molar-refractivity contribution in [3.05, 3.63) is 193 Å². The van der Waals surface area contributed by atoms with E-state index in [9.17, 15) is 0 Å². The lowest BCUT2D eigenvalue weighted by Crippen LogP contribution is -2.61. The van der Waals surface area contributed by atoms with Gasteiger partial charge in [0.05, 0.1) is 5.69 Å². The number of para-hydroxylation sites is 3. The van der Waals surface area contributed by atoms with Gasteiger partial charge in [-0.15, -0.1) is 0 Å². The van der Waals surface area contributed by atoms with Gasteiger partial charge in [0.15, 0.2) is 0 Å². The summed E-state index contributed by atoms with van der Waals surface area (Å²) in [7, 11) is 0. The summed E-state index contributed by atoms with van der Waals surface area (Å²) in [5.41, 5.74) is 17.3. The summed E-state index contributed by atoms with van der Waals surface area (Å²) in [5.74, 6) is 0. The molecular formula is C51H42BN3. The Kier molecular flexibility index (Phi) is 8.25. The third kappa shape index (κ3) is 5.51. The van der Waals surface area contributed by atoms with Crippen molar-refractivity contribution in [2.45, 2.75) is 33.1 Å². The Hall–Kier alpha value is -6.52. The molecule has 55 heavy (non-hydrogen) atoms. The average molecular weight is 708 g/mol. The Bertz CT molecular complexity index is 2680. The van der Waals surface area contributed by atoms with Gasteiger partial charge in [-0.05, 0) is 119 Å². The van der Waals surface area contributed by atoms with Crippen LogP contribution in [-0.2, 0) is 6.42 Å². The highest BCUT2D eigenvalue weighted by Gasteiger charge is 2.43. The maximum Gasteiger partial charge on any atom is 0.252 e. The van der Waals surface area contributed by atoms with Crippen LogP contribution in [0.25, 0.3) is 10.8 Å². The predicted molar refractivity (Wildman–Crippen MR) is 236 cm³/mol. The second-order valence-electron chi connectivity index (χ2n) is 14.8. The number of hydrogen-bond acceptors (Lipinski definition) is 3. The lowest BCUT2D eigenvalue weighted by Gasteiger charge is -2.44. The fraction of sp³-hybridized carbons (Fsp3) is 0.0980. The molecule has 8 aromatic carbocycles. The van der Waals surface area contributed by atoms with E-state index in [0.29, 0.717) is 0 Å².